The SMILES string of the molecule is Cc1ncccc1C(=O)Nc1cc(Br)ccn1. The quantitative estimate of drug-likeness (QED) is 0.926. The summed E-state index contributed by atoms with van der Waals surface area (Å²) in [5.74, 6) is 0.300. The van der Waals surface area contributed by atoms with Crippen molar-refractivity contribution in [3.63, 3.8) is 0 Å². The zero-order valence-corrected chi connectivity index (χ0v) is 10.7. The number of carbonyl (C=O) groups is 1. The lowest BCUT2D eigenvalue weighted by atomic mass is 10.2. The van der Waals surface area contributed by atoms with E-state index in [9.17, 15) is 4.79 Å². The van der Waals surface area contributed by atoms with Crippen molar-refractivity contribution in [3.05, 3.63) is 52.4 Å². The smallest absolute Gasteiger partial charge is 0.258 e. The molecule has 0 fully saturated rings. The van der Waals surface area contributed by atoms with Crippen molar-refractivity contribution in [2.45, 2.75) is 6.92 Å². The highest BCUT2D eigenvalue weighted by Gasteiger charge is 2.09. The van der Waals surface area contributed by atoms with Crippen LogP contribution in [0.5, 0.6) is 0 Å². The van der Waals surface area contributed by atoms with E-state index in [1.807, 2.05) is 0 Å². The number of carbonyl (C=O) groups excluding carboxylic acids is 1. The molecule has 1 N–H and O–H groups in total. The van der Waals surface area contributed by atoms with Gasteiger partial charge in [0.2, 0.25) is 0 Å². The van der Waals surface area contributed by atoms with Crippen LogP contribution >= 0.6 is 15.9 Å². The number of hydrogen-bond acceptors (Lipinski definition) is 3. The van der Waals surface area contributed by atoms with Crippen LogP contribution in [0, 0.1) is 6.92 Å². The lowest BCUT2D eigenvalue weighted by Gasteiger charge is -2.06. The van der Waals surface area contributed by atoms with Crippen LogP contribution in [0.4, 0.5) is 5.82 Å². The molecule has 0 aliphatic heterocycles. The number of rotatable bonds is 2. The van der Waals surface area contributed by atoms with Crippen LogP contribution in [0.2, 0.25) is 0 Å². The molecular weight excluding hydrogens is 282 g/mol. The van der Waals surface area contributed by atoms with Crippen molar-refractivity contribution in [2.75, 3.05) is 5.32 Å². The Morgan fingerprint density at radius 3 is 2.82 bits per heavy atom. The molecule has 5 heteroatoms. The van der Waals surface area contributed by atoms with Crippen molar-refractivity contribution in [3.8, 4) is 0 Å². The predicted molar refractivity (Wildman–Crippen MR) is 68.9 cm³/mol. The van der Waals surface area contributed by atoms with Gasteiger partial charge >= 0.3 is 0 Å². The molecule has 0 saturated heterocycles. The van der Waals surface area contributed by atoms with E-state index in [-0.39, 0.29) is 5.91 Å². The molecular formula is C12H10BrN3O. The Hall–Kier alpha value is -1.75. The Morgan fingerprint density at radius 1 is 1.29 bits per heavy atom. The second kappa shape index (κ2) is 5.05. The van der Waals surface area contributed by atoms with E-state index in [0.717, 1.165) is 4.47 Å². The van der Waals surface area contributed by atoms with Gasteiger partial charge in [0.15, 0.2) is 0 Å². The molecule has 0 saturated carbocycles. The normalized spacial score (nSPS) is 10.0. The Balaban J connectivity index is 2.20. The average Bonchev–Trinajstić information content (AvgIpc) is 2.29. The number of aryl methyl sites for hydroxylation is 1. The van der Waals surface area contributed by atoms with E-state index in [4.69, 9.17) is 0 Å². The van der Waals surface area contributed by atoms with Crippen molar-refractivity contribution >= 4 is 27.7 Å². The van der Waals surface area contributed by atoms with Crippen LogP contribution < -0.4 is 5.32 Å². The maximum Gasteiger partial charge on any atom is 0.258 e. The van der Waals surface area contributed by atoms with Gasteiger partial charge in [-0.25, -0.2) is 4.98 Å². The first-order chi connectivity index (χ1) is 8.16. The molecule has 86 valence electrons. The second-order valence-corrected chi connectivity index (χ2v) is 4.37. The number of hydrogen-bond donors (Lipinski definition) is 1. The first-order valence-electron chi connectivity index (χ1n) is 5.01. The van der Waals surface area contributed by atoms with E-state index < -0.39 is 0 Å². The van der Waals surface area contributed by atoms with E-state index in [1.165, 1.54) is 0 Å². The van der Waals surface area contributed by atoms with Gasteiger partial charge in [-0.15, -0.1) is 0 Å². The third-order valence-corrected chi connectivity index (χ3v) is 2.71. The van der Waals surface area contributed by atoms with Gasteiger partial charge in [0.1, 0.15) is 5.82 Å². The van der Waals surface area contributed by atoms with Crippen molar-refractivity contribution in [2.24, 2.45) is 0 Å². The first kappa shape index (κ1) is 11.7. The zero-order valence-electron chi connectivity index (χ0n) is 9.14. The van der Waals surface area contributed by atoms with Crippen molar-refractivity contribution < 1.29 is 4.79 Å². The molecule has 2 rings (SSSR count). The third kappa shape index (κ3) is 2.88. The molecule has 0 aromatic carbocycles. The number of pyridine rings is 2. The zero-order chi connectivity index (χ0) is 12.3. The number of amides is 1. The average molecular weight is 292 g/mol. The molecule has 17 heavy (non-hydrogen) atoms. The van der Waals surface area contributed by atoms with Gasteiger partial charge in [-0.05, 0) is 31.2 Å². The van der Waals surface area contributed by atoms with Gasteiger partial charge in [-0.1, -0.05) is 15.9 Å². The number of anilines is 1. The van der Waals surface area contributed by atoms with Gasteiger partial charge in [0.25, 0.3) is 5.91 Å². The standard InChI is InChI=1S/C12H10BrN3O/c1-8-10(3-2-5-14-8)12(17)16-11-7-9(13)4-6-15-11/h2-7H,1H3,(H,15,16,17). The third-order valence-electron chi connectivity index (χ3n) is 2.22. The molecule has 2 aromatic heterocycles. The number of aromatic nitrogens is 2. The van der Waals surface area contributed by atoms with Crippen molar-refractivity contribution in [1.29, 1.82) is 0 Å². The maximum atomic E-state index is 11.9. The topological polar surface area (TPSA) is 54.9 Å². The summed E-state index contributed by atoms with van der Waals surface area (Å²) < 4.78 is 0.866. The van der Waals surface area contributed by atoms with Crippen LogP contribution in [0.1, 0.15) is 16.1 Å². The molecule has 0 aliphatic carbocycles. The first-order valence-corrected chi connectivity index (χ1v) is 5.80. The molecule has 0 bridgehead atoms. The van der Waals surface area contributed by atoms with E-state index in [1.54, 1.807) is 43.6 Å². The monoisotopic (exact) mass is 291 g/mol. The minimum Gasteiger partial charge on any atom is -0.306 e. The minimum absolute atomic E-state index is 0.207. The largest absolute Gasteiger partial charge is 0.306 e. The molecule has 0 spiro atoms. The fourth-order valence-electron chi connectivity index (χ4n) is 1.38. The van der Waals surface area contributed by atoms with Crippen molar-refractivity contribution in [1.82, 2.24) is 9.97 Å². The number of nitrogens with zero attached hydrogens (tertiary/aromatic N) is 2. The highest BCUT2D eigenvalue weighted by atomic mass is 79.9. The molecule has 1 amide bonds. The summed E-state index contributed by atoms with van der Waals surface area (Å²) in [5, 5.41) is 2.72. The van der Waals surface area contributed by atoms with Crippen LogP contribution in [0.3, 0.4) is 0 Å². The molecule has 2 aromatic rings. The van der Waals surface area contributed by atoms with Gasteiger partial charge in [0.05, 0.1) is 5.56 Å². The second-order valence-electron chi connectivity index (χ2n) is 3.45. The van der Waals surface area contributed by atoms with E-state index in [0.29, 0.717) is 17.1 Å². The number of halogens is 1. The van der Waals surface area contributed by atoms with Crippen LogP contribution in [-0.4, -0.2) is 15.9 Å². The highest BCUT2D eigenvalue weighted by molar-refractivity contribution is 9.10. The summed E-state index contributed by atoms with van der Waals surface area (Å²) in [7, 11) is 0. The minimum atomic E-state index is -0.207. The Kier molecular flexibility index (Phi) is 3.49. The van der Waals surface area contributed by atoms with Gasteiger partial charge in [0, 0.05) is 22.6 Å². The Bertz CT molecular complexity index is 557. The molecule has 0 aliphatic rings. The van der Waals surface area contributed by atoms with E-state index in [2.05, 4.69) is 31.2 Å². The Morgan fingerprint density at radius 2 is 2.12 bits per heavy atom. The fourth-order valence-corrected chi connectivity index (χ4v) is 1.72. The van der Waals surface area contributed by atoms with Crippen LogP contribution in [0.25, 0.3) is 0 Å². The van der Waals surface area contributed by atoms with Gasteiger partial charge in [-0.3, -0.25) is 9.78 Å². The lowest BCUT2D eigenvalue weighted by molar-refractivity contribution is 0.102. The molecule has 4 nitrogen and oxygen atoms in total. The summed E-state index contributed by atoms with van der Waals surface area (Å²) in [6.07, 6.45) is 3.28. The maximum absolute atomic E-state index is 11.9. The molecule has 0 radical (unpaired) electrons. The van der Waals surface area contributed by atoms with E-state index >= 15 is 0 Å². The predicted octanol–water partition coefficient (Wildman–Crippen LogP) is 2.80. The summed E-state index contributed by atoms with van der Waals surface area (Å²) in [6.45, 7) is 1.79. The summed E-state index contributed by atoms with van der Waals surface area (Å²) >= 11 is 3.32. The summed E-state index contributed by atoms with van der Waals surface area (Å²) in [6, 6.07) is 7.00. The number of nitrogens with one attached hydrogen (secondary N) is 1. The van der Waals surface area contributed by atoms with Crippen LogP contribution in [0.15, 0.2) is 41.1 Å². The molecule has 0 atom stereocenters. The lowest BCUT2D eigenvalue weighted by Crippen LogP contribution is -2.14. The van der Waals surface area contributed by atoms with Gasteiger partial charge < -0.3 is 5.32 Å². The summed E-state index contributed by atoms with van der Waals surface area (Å²) in [4.78, 5) is 20.1. The molecule has 0 unspecified atom stereocenters. The molecule has 2 heterocycles. The van der Waals surface area contributed by atoms with Gasteiger partial charge in [-0.2, -0.15) is 0 Å². The fraction of sp³-hybridized carbons (Fsp3) is 0.0833. The van der Waals surface area contributed by atoms with Crippen LogP contribution in [-0.2, 0) is 0 Å². The highest BCUT2D eigenvalue weighted by Crippen LogP contribution is 2.14. The Labute approximate surface area is 107 Å². The summed E-state index contributed by atoms with van der Waals surface area (Å²) in [5.41, 5.74) is 1.24.